The van der Waals surface area contributed by atoms with Crippen LogP contribution in [0.1, 0.15) is 12.8 Å². The molecule has 4 rings (SSSR count). The van der Waals surface area contributed by atoms with Gasteiger partial charge in [-0.15, -0.1) is 5.10 Å². The molecule has 0 radical (unpaired) electrons. The standard InChI is InChI=1S/C18H15N7O2/c26-17-11-10-16(21-25(17)15-4-2-1-3-5-15)18(27)20-13-6-8-14(9-7-13)24-12-19-22-23-24/h1-9,12H,10-11H2,(H,20,27). The number of carbonyl (C=O) groups is 2. The summed E-state index contributed by atoms with van der Waals surface area (Å²) < 4.78 is 1.51. The van der Waals surface area contributed by atoms with E-state index in [1.54, 1.807) is 36.4 Å². The van der Waals surface area contributed by atoms with Gasteiger partial charge in [-0.25, -0.2) is 9.69 Å². The molecule has 0 saturated heterocycles. The van der Waals surface area contributed by atoms with E-state index < -0.39 is 0 Å². The highest BCUT2D eigenvalue weighted by atomic mass is 16.2. The number of hydrazone groups is 1. The Morgan fingerprint density at radius 1 is 0.963 bits per heavy atom. The average Bonchev–Trinajstić information content (AvgIpc) is 3.24. The number of rotatable bonds is 4. The Kier molecular flexibility index (Phi) is 4.40. The predicted molar refractivity (Wildman–Crippen MR) is 98.4 cm³/mol. The fourth-order valence-electron chi connectivity index (χ4n) is 2.67. The molecule has 27 heavy (non-hydrogen) atoms. The Labute approximate surface area is 154 Å². The van der Waals surface area contributed by atoms with Crippen LogP contribution in [0.3, 0.4) is 0 Å². The highest BCUT2D eigenvalue weighted by molar-refractivity contribution is 6.44. The quantitative estimate of drug-likeness (QED) is 0.762. The van der Waals surface area contributed by atoms with Gasteiger partial charge in [-0.2, -0.15) is 5.10 Å². The summed E-state index contributed by atoms with van der Waals surface area (Å²) >= 11 is 0. The number of carbonyl (C=O) groups excluding carboxylic acids is 2. The second-order valence-electron chi connectivity index (χ2n) is 5.84. The molecule has 0 atom stereocenters. The maximum atomic E-state index is 12.5. The van der Waals surface area contributed by atoms with Crippen LogP contribution in [-0.2, 0) is 9.59 Å². The first-order valence-electron chi connectivity index (χ1n) is 8.31. The molecule has 1 aliphatic rings. The van der Waals surface area contributed by atoms with Crippen molar-refractivity contribution in [2.24, 2.45) is 5.10 Å². The van der Waals surface area contributed by atoms with Crippen LogP contribution >= 0.6 is 0 Å². The molecule has 0 fully saturated rings. The van der Waals surface area contributed by atoms with Crippen LogP contribution in [0.4, 0.5) is 11.4 Å². The van der Waals surface area contributed by atoms with Gasteiger partial charge in [-0.3, -0.25) is 9.59 Å². The van der Waals surface area contributed by atoms with E-state index in [0.717, 1.165) is 5.69 Å². The molecule has 134 valence electrons. The largest absolute Gasteiger partial charge is 0.321 e. The van der Waals surface area contributed by atoms with Gasteiger partial charge in [0.1, 0.15) is 12.0 Å². The summed E-state index contributed by atoms with van der Waals surface area (Å²) in [6.45, 7) is 0. The van der Waals surface area contributed by atoms with Gasteiger partial charge in [0.25, 0.3) is 5.91 Å². The number of hydrogen-bond acceptors (Lipinski definition) is 6. The van der Waals surface area contributed by atoms with Gasteiger partial charge in [0.2, 0.25) is 5.91 Å². The van der Waals surface area contributed by atoms with E-state index in [1.165, 1.54) is 16.0 Å². The normalized spacial score (nSPS) is 14.0. The molecule has 0 aliphatic carbocycles. The van der Waals surface area contributed by atoms with Crippen molar-refractivity contribution in [3.05, 3.63) is 60.9 Å². The lowest BCUT2D eigenvalue weighted by molar-refractivity contribution is -0.118. The third kappa shape index (κ3) is 3.56. The van der Waals surface area contributed by atoms with Gasteiger partial charge in [0.15, 0.2) is 0 Å². The number of nitrogens with zero attached hydrogens (tertiary/aromatic N) is 6. The molecule has 1 aliphatic heterocycles. The van der Waals surface area contributed by atoms with Gasteiger partial charge in [0, 0.05) is 18.5 Å². The third-order valence-corrected chi connectivity index (χ3v) is 4.03. The minimum Gasteiger partial charge on any atom is -0.321 e. The molecule has 0 unspecified atom stereocenters. The zero-order chi connectivity index (χ0) is 18.6. The van der Waals surface area contributed by atoms with Crippen LogP contribution in [0.2, 0.25) is 0 Å². The van der Waals surface area contributed by atoms with Gasteiger partial charge >= 0.3 is 0 Å². The van der Waals surface area contributed by atoms with Crippen molar-refractivity contribution >= 4 is 28.9 Å². The van der Waals surface area contributed by atoms with E-state index in [4.69, 9.17) is 0 Å². The molecular weight excluding hydrogens is 346 g/mol. The van der Waals surface area contributed by atoms with Gasteiger partial charge in [-0.1, -0.05) is 18.2 Å². The van der Waals surface area contributed by atoms with E-state index in [1.807, 2.05) is 18.2 Å². The topological polar surface area (TPSA) is 105 Å². The summed E-state index contributed by atoms with van der Waals surface area (Å²) in [6, 6.07) is 16.1. The Hall–Kier alpha value is -3.88. The lowest BCUT2D eigenvalue weighted by Gasteiger charge is -2.23. The molecule has 9 heteroatoms. The molecule has 3 aromatic rings. The van der Waals surface area contributed by atoms with Crippen LogP contribution in [-0.4, -0.2) is 37.7 Å². The summed E-state index contributed by atoms with van der Waals surface area (Å²) in [4.78, 5) is 24.7. The molecule has 0 saturated carbocycles. The number of aromatic nitrogens is 4. The maximum Gasteiger partial charge on any atom is 0.271 e. The summed E-state index contributed by atoms with van der Waals surface area (Å²) in [7, 11) is 0. The molecule has 2 heterocycles. The highest BCUT2D eigenvalue weighted by Crippen LogP contribution is 2.20. The SMILES string of the molecule is O=C(Nc1ccc(-n2cnnn2)cc1)C1=NN(c2ccccc2)C(=O)CC1. The Morgan fingerprint density at radius 3 is 2.44 bits per heavy atom. The Balaban J connectivity index is 1.50. The lowest BCUT2D eigenvalue weighted by atomic mass is 10.1. The zero-order valence-electron chi connectivity index (χ0n) is 14.2. The minimum absolute atomic E-state index is 0.136. The molecule has 0 bridgehead atoms. The van der Waals surface area contributed by atoms with E-state index >= 15 is 0 Å². The fraction of sp³-hybridized carbons (Fsp3) is 0.111. The highest BCUT2D eigenvalue weighted by Gasteiger charge is 2.25. The van der Waals surface area contributed by atoms with Crippen molar-refractivity contribution in [2.75, 3.05) is 10.3 Å². The number of benzene rings is 2. The summed E-state index contributed by atoms with van der Waals surface area (Å²) in [5, 5.41) is 19.3. The van der Waals surface area contributed by atoms with Crippen molar-refractivity contribution in [3.63, 3.8) is 0 Å². The van der Waals surface area contributed by atoms with Crippen molar-refractivity contribution < 1.29 is 9.59 Å². The van der Waals surface area contributed by atoms with Gasteiger partial charge < -0.3 is 5.32 Å². The second-order valence-corrected chi connectivity index (χ2v) is 5.84. The predicted octanol–water partition coefficient (Wildman–Crippen LogP) is 1.78. The molecule has 1 aromatic heterocycles. The average molecular weight is 361 g/mol. The smallest absolute Gasteiger partial charge is 0.271 e. The zero-order valence-corrected chi connectivity index (χ0v) is 14.2. The van der Waals surface area contributed by atoms with Crippen molar-refractivity contribution in [3.8, 4) is 5.69 Å². The number of anilines is 2. The number of tetrazole rings is 1. The van der Waals surface area contributed by atoms with Crippen LogP contribution in [0.25, 0.3) is 5.69 Å². The van der Waals surface area contributed by atoms with Gasteiger partial charge in [-0.05, 0) is 46.8 Å². The monoisotopic (exact) mass is 361 g/mol. The first kappa shape index (κ1) is 16.6. The molecular formula is C18H15N7O2. The van der Waals surface area contributed by atoms with Crippen LogP contribution in [0.5, 0.6) is 0 Å². The second kappa shape index (κ2) is 7.16. The van der Waals surface area contributed by atoms with Crippen molar-refractivity contribution in [1.82, 2.24) is 20.2 Å². The number of para-hydroxylation sites is 1. The van der Waals surface area contributed by atoms with Crippen molar-refractivity contribution in [1.29, 1.82) is 0 Å². The van der Waals surface area contributed by atoms with Crippen molar-refractivity contribution in [2.45, 2.75) is 12.8 Å². The molecule has 2 amide bonds. The maximum absolute atomic E-state index is 12.5. The first-order valence-corrected chi connectivity index (χ1v) is 8.31. The Bertz CT molecular complexity index is 982. The molecule has 0 spiro atoms. The lowest BCUT2D eigenvalue weighted by Crippen LogP contribution is -2.36. The molecule has 1 N–H and O–H groups in total. The minimum atomic E-state index is -0.335. The molecule has 9 nitrogen and oxygen atoms in total. The van der Waals surface area contributed by atoms with E-state index in [9.17, 15) is 9.59 Å². The Morgan fingerprint density at radius 2 is 1.74 bits per heavy atom. The first-order chi connectivity index (χ1) is 13.2. The molecule has 2 aromatic carbocycles. The number of nitrogens with one attached hydrogen (secondary N) is 1. The van der Waals surface area contributed by atoms with Crippen LogP contribution in [0.15, 0.2) is 66.0 Å². The van der Waals surface area contributed by atoms with Gasteiger partial charge in [0.05, 0.1) is 11.4 Å². The number of amides is 2. The summed E-state index contributed by atoms with van der Waals surface area (Å²) in [6.07, 6.45) is 2.02. The van der Waals surface area contributed by atoms with Crippen LogP contribution in [0, 0.1) is 0 Å². The fourth-order valence-corrected chi connectivity index (χ4v) is 2.67. The van der Waals surface area contributed by atoms with E-state index in [2.05, 4.69) is 25.9 Å². The summed E-state index contributed by atoms with van der Waals surface area (Å²) in [5.41, 5.74) is 2.33. The van der Waals surface area contributed by atoms with E-state index in [-0.39, 0.29) is 18.2 Å². The van der Waals surface area contributed by atoms with E-state index in [0.29, 0.717) is 23.5 Å². The number of hydrogen-bond donors (Lipinski definition) is 1. The summed E-state index contributed by atoms with van der Waals surface area (Å²) in [5.74, 6) is -0.470. The van der Waals surface area contributed by atoms with Crippen LogP contribution < -0.4 is 10.3 Å². The third-order valence-electron chi connectivity index (χ3n) is 4.03.